The van der Waals surface area contributed by atoms with Crippen LogP contribution in [0.4, 0.5) is 5.69 Å². The van der Waals surface area contributed by atoms with E-state index >= 15 is 0 Å². The van der Waals surface area contributed by atoms with Crippen LogP contribution < -0.4 is 0 Å². The van der Waals surface area contributed by atoms with Crippen molar-refractivity contribution in [2.24, 2.45) is 0 Å². The predicted molar refractivity (Wildman–Crippen MR) is 97.9 cm³/mol. The van der Waals surface area contributed by atoms with E-state index in [-0.39, 0.29) is 5.69 Å². The molecule has 4 nitrogen and oxygen atoms in total. The number of nitro groups is 1. The molecule has 0 bridgehead atoms. The summed E-state index contributed by atoms with van der Waals surface area (Å²) < 4.78 is 12.3. The second kappa shape index (κ2) is 7.29. The molecule has 0 radical (unpaired) electrons. The lowest BCUT2D eigenvalue weighted by atomic mass is 10.1. The van der Waals surface area contributed by atoms with Gasteiger partial charge in [-0.3, -0.25) is 10.1 Å². The van der Waals surface area contributed by atoms with E-state index in [1.165, 1.54) is 12.1 Å². The largest absolute Gasteiger partial charge is 0.612 e. The monoisotopic (exact) mass is 337 g/mol. The van der Waals surface area contributed by atoms with Gasteiger partial charge in [-0.05, 0) is 45.7 Å². The number of non-ortho nitro benzene ring substituents is 1. The Bertz CT molecular complexity index is 885. The Hall–Kier alpha value is -2.63. The molecule has 24 heavy (non-hydrogen) atoms. The van der Waals surface area contributed by atoms with Crippen molar-refractivity contribution in [2.75, 3.05) is 0 Å². The Labute approximate surface area is 142 Å². The van der Waals surface area contributed by atoms with Crippen molar-refractivity contribution in [2.45, 2.75) is 5.75 Å². The summed E-state index contributed by atoms with van der Waals surface area (Å²) in [6.45, 7) is 0. The zero-order valence-electron chi connectivity index (χ0n) is 12.8. The van der Waals surface area contributed by atoms with E-state index in [4.69, 9.17) is 0 Å². The van der Waals surface area contributed by atoms with E-state index in [0.717, 1.165) is 21.9 Å². The summed E-state index contributed by atoms with van der Waals surface area (Å²) in [5, 5.41) is 14.5. The number of benzene rings is 3. The molecule has 3 aromatic carbocycles. The van der Waals surface area contributed by atoms with Gasteiger partial charge in [0.05, 0.1) is 4.92 Å². The second-order valence-corrected chi connectivity index (χ2v) is 6.64. The van der Waals surface area contributed by atoms with Gasteiger partial charge in [-0.15, -0.1) is 0 Å². The minimum atomic E-state index is -1.16. The molecule has 120 valence electrons. The average molecular weight is 337 g/mol. The van der Waals surface area contributed by atoms with Crippen LogP contribution in [-0.4, -0.2) is 9.48 Å². The molecule has 0 saturated carbocycles. The molecule has 0 N–H and O–H groups in total. The van der Waals surface area contributed by atoms with Crippen molar-refractivity contribution in [1.29, 1.82) is 0 Å². The summed E-state index contributed by atoms with van der Waals surface area (Å²) in [6.07, 6.45) is 1.73. The maximum Gasteiger partial charge on any atom is 0.269 e. The number of fused-ring (bicyclic) bond motifs is 1. The summed E-state index contributed by atoms with van der Waals surface area (Å²) in [5.41, 5.74) is 1.87. The minimum absolute atomic E-state index is 0.0454. The molecular weight excluding hydrogens is 322 g/mol. The molecule has 0 aliphatic rings. The molecule has 0 amide bonds. The highest BCUT2D eigenvalue weighted by molar-refractivity contribution is 7.93. The standard InChI is InChI=1S/C19H15NO3S/c21-20(22)18-10-8-15(9-11-18)12-13-24(23)14-17-6-3-5-16-4-1-2-7-19(16)17/h1-13H,14H2/b13-12+. The lowest BCUT2D eigenvalue weighted by Gasteiger charge is -2.08. The quantitative estimate of drug-likeness (QED) is 0.386. The van der Waals surface area contributed by atoms with Crippen LogP contribution in [0.25, 0.3) is 16.8 Å². The lowest BCUT2D eigenvalue weighted by Crippen LogP contribution is -2.00. The van der Waals surface area contributed by atoms with Crippen LogP contribution in [0.5, 0.6) is 0 Å². The van der Waals surface area contributed by atoms with E-state index in [1.54, 1.807) is 23.6 Å². The molecule has 1 atom stereocenters. The van der Waals surface area contributed by atoms with Gasteiger partial charge in [-0.25, -0.2) is 0 Å². The Kier molecular flexibility index (Phi) is 4.93. The molecule has 3 rings (SSSR count). The molecule has 0 aliphatic carbocycles. The molecule has 0 heterocycles. The first-order chi connectivity index (χ1) is 11.6. The summed E-state index contributed by atoms with van der Waals surface area (Å²) in [6, 6.07) is 20.2. The molecule has 0 saturated heterocycles. The predicted octanol–water partition coefficient (Wildman–Crippen LogP) is 4.67. The van der Waals surface area contributed by atoms with Crippen LogP contribution >= 0.6 is 0 Å². The van der Waals surface area contributed by atoms with Crippen molar-refractivity contribution >= 4 is 33.7 Å². The third-order valence-electron chi connectivity index (χ3n) is 3.69. The zero-order chi connectivity index (χ0) is 16.9. The highest BCUT2D eigenvalue weighted by Gasteiger charge is 2.08. The first-order valence-corrected chi connectivity index (χ1v) is 8.78. The molecule has 1 unspecified atom stereocenters. The van der Waals surface area contributed by atoms with E-state index in [1.807, 2.05) is 42.5 Å². The highest BCUT2D eigenvalue weighted by Crippen LogP contribution is 2.21. The van der Waals surface area contributed by atoms with Crippen LogP contribution in [0.15, 0.2) is 72.1 Å². The Morgan fingerprint density at radius 3 is 2.42 bits per heavy atom. The van der Waals surface area contributed by atoms with Crippen molar-refractivity contribution in [3.8, 4) is 0 Å². The smallest absolute Gasteiger partial charge is 0.269 e. The fourth-order valence-corrected chi connectivity index (χ4v) is 3.44. The van der Waals surface area contributed by atoms with Crippen LogP contribution in [-0.2, 0) is 16.9 Å². The number of nitro benzene ring substituents is 1. The molecule has 0 aliphatic heterocycles. The van der Waals surface area contributed by atoms with E-state index in [2.05, 4.69) is 0 Å². The molecular formula is C19H15NO3S. The van der Waals surface area contributed by atoms with Crippen LogP contribution in [0.2, 0.25) is 0 Å². The summed E-state index contributed by atoms with van der Waals surface area (Å²) >= 11 is -1.16. The van der Waals surface area contributed by atoms with Crippen molar-refractivity contribution in [3.63, 3.8) is 0 Å². The zero-order valence-corrected chi connectivity index (χ0v) is 13.6. The topological polar surface area (TPSA) is 66.2 Å². The minimum Gasteiger partial charge on any atom is -0.612 e. The van der Waals surface area contributed by atoms with Crippen molar-refractivity contribution in [1.82, 2.24) is 0 Å². The van der Waals surface area contributed by atoms with Gasteiger partial charge >= 0.3 is 0 Å². The average Bonchev–Trinajstić information content (AvgIpc) is 2.61. The van der Waals surface area contributed by atoms with E-state index in [0.29, 0.717) is 5.75 Å². The number of hydrogen-bond acceptors (Lipinski definition) is 3. The van der Waals surface area contributed by atoms with E-state index < -0.39 is 16.1 Å². The van der Waals surface area contributed by atoms with Gasteiger partial charge in [0, 0.05) is 17.7 Å². The second-order valence-electron chi connectivity index (χ2n) is 5.31. The third kappa shape index (κ3) is 3.82. The molecule has 0 aromatic heterocycles. The first-order valence-electron chi connectivity index (χ1n) is 7.40. The Morgan fingerprint density at radius 1 is 0.958 bits per heavy atom. The maximum absolute atomic E-state index is 12.3. The maximum atomic E-state index is 12.3. The summed E-state index contributed by atoms with van der Waals surface area (Å²) in [7, 11) is 0. The van der Waals surface area contributed by atoms with Crippen LogP contribution in [0, 0.1) is 10.1 Å². The number of rotatable bonds is 5. The van der Waals surface area contributed by atoms with Gasteiger partial charge < -0.3 is 4.55 Å². The van der Waals surface area contributed by atoms with Crippen molar-refractivity contribution in [3.05, 3.63) is 93.4 Å². The normalized spacial score (nSPS) is 12.5. The fraction of sp³-hybridized carbons (Fsp3) is 0.0526. The van der Waals surface area contributed by atoms with Crippen molar-refractivity contribution < 1.29 is 9.48 Å². The summed E-state index contributed by atoms with van der Waals surface area (Å²) in [4.78, 5) is 10.2. The fourth-order valence-electron chi connectivity index (χ4n) is 2.48. The molecule has 3 aromatic rings. The summed E-state index contributed by atoms with van der Waals surface area (Å²) in [5.74, 6) is 0.435. The molecule has 0 spiro atoms. The van der Waals surface area contributed by atoms with Gasteiger partial charge in [0.15, 0.2) is 0 Å². The lowest BCUT2D eigenvalue weighted by molar-refractivity contribution is -0.384. The van der Waals surface area contributed by atoms with Crippen LogP contribution in [0.3, 0.4) is 0 Å². The van der Waals surface area contributed by atoms with Gasteiger partial charge in [0.25, 0.3) is 5.69 Å². The SMILES string of the molecule is O=[N+]([O-])c1ccc(/C=C/[S+]([O-])Cc2cccc3ccccc23)cc1. The van der Waals surface area contributed by atoms with Gasteiger partial charge in [0.2, 0.25) is 0 Å². The Balaban J connectivity index is 1.72. The van der Waals surface area contributed by atoms with Gasteiger partial charge in [0.1, 0.15) is 11.2 Å². The van der Waals surface area contributed by atoms with Gasteiger partial charge in [-0.1, -0.05) is 42.5 Å². The van der Waals surface area contributed by atoms with Gasteiger partial charge in [-0.2, -0.15) is 0 Å². The van der Waals surface area contributed by atoms with E-state index in [9.17, 15) is 14.7 Å². The molecule has 0 fully saturated rings. The number of hydrogen-bond donors (Lipinski definition) is 0. The molecule has 5 heteroatoms. The Morgan fingerprint density at radius 2 is 1.67 bits per heavy atom. The highest BCUT2D eigenvalue weighted by atomic mass is 32.2. The first kappa shape index (κ1) is 16.2. The number of nitrogens with zero attached hydrogens (tertiary/aromatic N) is 1. The third-order valence-corrected chi connectivity index (χ3v) is 4.73. The van der Waals surface area contributed by atoms with Crippen LogP contribution in [0.1, 0.15) is 11.1 Å².